The van der Waals surface area contributed by atoms with Gasteiger partial charge in [0.1, 0.15) is 5.82 Å². The lowest BCUT2D eigenvalue weighted by molar-refractivity contribution is 0.0937. The molecular formula is C22H33N5O. The zero-order chi connectivity index (χ0) is 20.1. The summed E-state index contributed by atoms with van der Waals surface area (Å²) in [5.41, 5.74) is 1.69. The highest BCUT2D eigenvalue weighted by atomic mass is 16.1. The van der Waals surface area contributed by atoms with Crippen molar-refractivity contribution in [3.05, 3.63) is 47.0 Å². The van der Waals surface area contributed by atoms with Crippen LogP contribution in [0.4, 0.5) is 0 Å². The summed E-state index contributed by atoms with van der Waals surface area (Å²) in [7, 11) is 0. The van der Waals surface area contributed by atoms with E-state index in [1.807, 2.05) is 38.1 Å². The molecule has 6 heteroatoms. The highest BCUT2D eigenvalue weighted by molar-refractivity contribution is 5.95. The first-order chi connectivity index (χ1) is 13.5. The number of carbonyl (C=O) groups excluding carboxylic acids is 1. The van der Waals surface area contributed by atoms with Gasteiger partial charge in [-0.1, -0.05) is 44.9 Å². The zero-order valence-electron chi connectivity index (χ0n) is 17.6. The van der Waals surface area contributed by atoms with Crippen molar-refractivity contribution >= 4 is 5.91 Å². The van der Waals surface area contributed by atoms with Gasteiger partial charge in [-0.2, -0.15) is 0 Å². The van der Waals surface area contributed by atoms with Crippen LogP contribution in [0.3, 0.4) is 0 Å². The van der Waals surface area contributed by atoms with Crippen molar-refractivity contribution in [2.24, 2.45) is 5.92 Å². The van der Waals surface area contributed by atoms with E-state index in [4.69, 9.17) is 0 Å². The van der Waals surface area contributed by atoms with Gasteiger partial charge >= 0.3 is 0 Å². The van der Waals surface area contributed by atoms with Gasteiger partial charge < -0.3 is 14.8 Å². The molecule has 0 radical (unpaired) electrons. The highest BCUT2D eigenvalue weighted by Crippen LogP contribution is 2.18. The van der Waals surface area contributed by atoms with Gasteiger partial charge in [0.2, 0.25) is 0 Å². The Bertz CT molecular complexity index is 796. The highest BCUT2D eigenvalue weighted by Gasteiger charge is 2.24. The maximum Gasteiger partial charge on any atom is 0.252 e. The number of nitrogens with zero attached hydrogens (tertiary/aromatic N) is 4. The normalized spacial score (nSPS) is 15.9. The van der Waals surface area contributed by atoms with Crippen molar-refractivity contribution in [1.29, 1.82) is 0 Å². The molecule has 1 amide bonds. The topological polar surface area (TPSA) is 63.1 Å². The quantitative estimate of drug-likeness (QED) is 0.796. The number of hydrogen-bond donors (Lipinski definition) is 1. The number of aromatic nitrogens is 3. The lowest BCUT2D eigenvalue weighted by Crippen LogP contribution is -2.33. The third-order valence-corrected chi connectivity index (χ3v) is 5.94. The van der Waals surface area contributed by atoms with E-state index in [9.17, 15) is 4.79 Å². The Morgan fingerprint density at radius 2 is 1.89 bits per heavy atom. The Kier molecular flexibility index (Phi) is 6.83. The zero-order valence-corrected chi connectivity index (χ0v) is 17.6. The average Bonchev–Trinajstić information content (AvgIpc) is 3.00. The van der Waals surface area contributed by atoms with E-state index in [0.717, 1.165) is 55.7 Å². The molecular weight excluding hydrogens is 350 g/mol. The number of hydrogen-bond acceptors (Lipinski definition) is 4. The first-order valence-electron chi connectivity index (χ1n) is 10.5. The molecule has 1 N–H and O–H groups in total. The lowest BCUT2D eigenvalue weighted by atomic mass is 10.0. The van der Waals surface area contributed by atoms with E-state index in [-0.39, 0.29) is 11.9 Å². The van der Waals surface area contributed by atoms with Gasteiger partial charge in [-0.15, -0.1) is 10.2 Å². The molecule has 2 heterocycles. The van der Waals surface area contributed by atoms with Gasteiger partial charge in [0.05, 0.1) is 6.04 Å². The fourth-order valence-corrected chi connectivity index (χ4v) is 3.97. The first kappa shape index (κ1) is 20.5. The third kappa shape index (κ3) is 4.61. The van der Waals surface area contributed by atoms with Crippen molar-refractivity contribution in [3.63, 3.8) is 0 Å². The summed E-state index contributed by atoms with van der Waals surface area (Å²) in [6, 6.07) is 7.47. The van der Waals surface area contributed by atoms with E-state index in [1.54, 1.807) is 0 Å². The van der Waals surface area contributed by atoms with Gasteiger partial charge in [-0.25, -0.2) is 0 Å². The van der Waals surface area contributed by atoms with E-state index < -0.39 is 0 Å². The Morgan fingerprint density at radius 1 is 1.14 bits per heavy atom. The number of rotatable bonds is 7. The second kappa shape index (κ2) is 9.32. The number of benzene rings is 1. The molecule has 0 saturated carbocycles. The molecule has 2 aromatic rings. The van der Waals surface area contributed by atoms with Crippen LogP contribution in [0, 0.1) is 12.8 Å². The molecule has 0 bridgehead atoms. The fourth-order valence-electron chi connectivity index (χ4n) is 3.97. The maximum atomic E-state index is 12.7. The van der Waals surface area contributed by atoms with E-state index in [2.05, 4.69) is 38.8 Å². The van der Waals surface area contributed by atoms with E-state index in [0.29, 0.717) is 5.56 Å². The van der Waals surface area contributed by atoms with Gasteiger partial charge in [0.15, 0.2) is 5.82 Å². The summed E-state index contributed by atoms with van der Waals surface area (Å²) in [6.07, 6.45) is 3.37. The van der Waals surface area contributed by atoms with Crippen molar-refractivity contribution in [2.75, 3.05) is 19.6 Å². The Hall–Kier alpha value is -2.21. The van der Waals surface area contributed by atoms with Gasteiger partial charge in [-0.3, -0.25) is 4.79 Å². The third-order valence-electron chi connectivity index (χ3n) is 5.94. The molecule has 0 spiro atoms. The molecule has 6 nitrogen and oxygen atoms in total. The van der Waals surface area contributed by atoms with Crippen LogP contribution in [0.1, 0.15) is 67.2 Å². The molecule has 28 heavy (non-hydrogen) atoms. The summed E-state index contributed by atoms with van der Waals surface area (Å²) < 4.78 is 2.20. The van der Waals surface area contributed by atoms with Crippen LogP contribution in [0.15, 0.2) is 24.3 Å². The fraction of sp³-hybridized carbons (Fsp3) is 0.591. The molecule has 0 saturated heterocycles. The molecule has 1 atom stereocenters. The number of aryl methyl sites for hydroxylation is 1. The SMILES string of the molecule is CCC(CC)CN1CCc2nnc(C(C)NC(=O)c3ccccc3C)n2CC1. The predicted octanol–water partition coefficient (Wildman–Crippen LogP) is 3.37. The molecule has 1 unspecified atom stereocenters. The van der Waals surface area contributed by atoms with Crippen molar-refractivity contribution in [3.8, 4) is 0 Å². The Labute approximate surface area is 168 Å². The van der Waals surface area contributed by atoms with E-state index >= 15 is 0 Å². The minimum absolute atomic E-state index is 0.0630. The van der Waals surface area contributed by atoms with Crippen LogP contribution in [0.5, 0.6) is 0 Å². The van der Waals surface area contributed by atoms with Crippen molar-refractivity contribution in [2.45, 2.75) is 59.5 Å². The van der Waals surface area contributed by atoms with Crippen LogP contribution in [-0.2, 0) is 13.0 Å². The molecule has 0 fully saturated rings. The standard InChI is InChI=1S/C22H33N5O/c1-5-18(6-2)15-26-12-11-20-24-25-21(27(20)14-13-26)17(4)23-22(28)19-10-8-7-9-16(19)3/h7-10,17-18H,5-6,11-15H2,1-4H3,(H,23,28). The monoisotopic (exact) mass is 383 g/mol. The first-order valence-corrected chi connectivity index (χ1v) is 10.5. The summed E-state index contributed by atoms with van der Waals surface area (Å²) in [5.74, 6) is 2.57. The maximum absolute atomic E-state index is 12.7. The summed E-state index contributed by atoms with van der Waals surface area (Å²) in [4.78, 5) is 15.2. The summed E-state index contributed by atoms with van der Waals surface area (Å²) >= 11 is 0. The summed E-state index contributed by atoms with van der Waals surface area (Å²) in [5, 5.41) is 11.9. The minimum atomic E-state index is -0.182. The second-order valence-electron chi connectivity index (χ2n) is 7.87. The van der Waals surface area contributed by atoms with Crippen LogP contribution in [-0.4, -0.2) is 45.2 Å². The van der Waals surface area contributed by atoms with Crippen LogP contribution < -0.4 is 5.32 Å². The molecule has 1 aromatic heterocycles. The molecule has 152 valence electrons. The molecule has 3 rings (SSSR count). The number of fused-ring (bicyclic) bond motifs is 1. The van der Waals surface area contributed by atoms with Gasteiger partial charge in [-0.05, 0) is 31.4 Å². The van der Waals surface area contributed by atoms with E-state index in [1.165, 1.54) is 12.8 Å². The molecule has 1 aliphatic rings. The Morgan fingerprint density at radius 3 is 2.61 bits per heavy atom. The smallest absolute Gasteiger partial charge is 0.252 e. The number of carbonyl (C=O) groups is 1. The molecule has 1 aliphatic heterocycles. The van der Waals surface area contributed by atoms with Crippen LogP contribution >= 0.6 is 0 Å². The average molecular weight is 384 g/mol. The Balaban J connectivity index is 1.67. The number of amides is 1. The van der Waals surface area contributed by atoms with Crippen molar-refractivity contribution < 1.29 is 4.79 Å². The predicted molar refractivity (Wildman–Crippen MR) is 111 cm³/mol. The van der Waals surface area contributed by atoms with Crippen LogP contribution in [0.2, 0.25) is 0 Å². The molecule has 0 aliphatic carbocycles. The van der Waals surface area contributed by atoms with Gasteiger partial charge in [0, 0.05) is 38.2 Å². The van der Waals surface area contributed by atoms with Crippen LogP contribution in [0.25, 0.3) is 0 Å². The second-order valence-corrected chi connectivity index (χ2v) is 7.87. The summed E-state index contributed by atoms with van der Waals surface area (Å²) in [6.45, 7) is 12.6. The largest absolute Gasteiger partial charge is 0.342 e. The minimum Gasteiger partial charge on any atom is -0.342 e. The van der Waals surface area contributed by atoms with Gasteiger partial charge in [0.25, 0.3) is 5.91 Å². The lowest BCUT2D eigenvalue weighted by Gasteiger charge is -2.24. The molecule has 1 aromatic carbocycles. The van der Waals surface area contributed by atoms with Crippen molar-refractivity contribution in [1.82, 2.24) is 25.0 Å². The number of nitrogens with one attached hydrogen (secondary N) is 1.